The molecular weight excluding hydrogens is 456 g/mol. The van der Waals surface area contributed by atoms with E-state index in [0.717, 1.165) is 24.8 Å². The molecule has 7 rings (SSSR count). The number of allylic oxidation sites excluding steroid dienone is 1. The number of carbonyl (C=O) groups excluding carboxylic acids is 2. The van der Waals surface area contributed by atoms with Gasteiger partial charge in [0.25, 0.3) is 0 Å². The Balaban J connectivity index is 1.34. The van der Waals surface area contributed by atoms with Crippen molar-refractivity contribution in [1.82, 2.24) is 0 Å². The van der Waals surface area contributed by atoms with Crippen molar-refractivity contribution in [2.75, 3.05) is 0 Å². The normalized spacial score (nSPS) is 53.2. The molecular formula is C30H38O6. The predicted molar refractivity (Wildman–Crippen MR) is 131 cm³/mol. The molecule has 194 valence electrons. The van der Waals surface area contributed by atoms with E-state index in [1.165, 1.54) is 16.7 Å². The van der Waals surface area contributed by atoms with Gasteiger partial charge in [0, 0.05) is 34.2 Å². The van der Waals surface area contributed by atoms with Gasteiger partial charge in [-0.25, -0.2) is 4.79 Å². The molecule has 2 spiro atoms. The highest BCUT2D eigenvalue weighted by Gasteiger charge is 2.78. The highest BCUT2D eigenvalue weighted by atomic mass is 16.6. The maximum Gasteiger partial charge on any atom is 0.334 e. The van der Waals surface area contributed by atoms with Crippen LogP contribution in [0.3, 0.4) is 0 Å². The molecule has 7 aliphatic rings. The molecule has 11 atom stereocenters. The van der Waals surface area contributed by atoms with Crippen molar-refractivity contribution in [3.05, 3.63) is 34.4 Å². The van der Waals surface area contributed by atoms with E-state index in [1.54, 1.807) is 0 Å². The van der Waals surface area contributed by atoms with Crippen LogP contribution in [-0.2, 0) is 19.1 Å². The fourth-order valence-electron chi connectivity index (χ4n) is 10.5. The molecule has 0 aromatic carbocycles. The summed E-state index contributed by atoms with van der Waals surface area (Å²) in [6, 6.07) is 0. The maximum absolute atomic E-state index is 14.0. The van der Waals surface area contributed by atoms with Crippen molar-refractivity contribution in [1.29, 1.82) is 0 Å². The Kier molecular flexibility index (Phi) is 4.47. The number of ether oxygens (including phenoxy) is 2. The summed E-state index contributed by atoms with van der Waals surface area (Å²) in [4.78, 5) is 26.2. The first-order chi connectivity index (χ1) is 17.0. The number of esters is 2. The van der Waals surface area contributed by atoms with Crippen molar-refractivity contribution in [2.24, 2.45) is 39.9 Å². The van der Waals surface area contributed by atoms with E-state index in [2.05, 4.69) is 34.3 Å². The Hall–Kier alpha value is -1.92. The minimum absolute atomic E-state index is 0.00611. The molecule has 1 unspecified atom stereocenters. The standard InChI is InChI=1S/C30H38O6/c1-13-6-7-23(31)28(5)11-22-20(10-18(13)28)30(27(34)36-22)12-29-14(2)8-21-17(15(3)26(33)35-21)9-19(29)16(4)24(30)25(29)32/h14,17,20-25,31-32H,3,6-12H2,1-2,4-5H3/t14-,17+,20-,21-,22+,23+,24-,25?,28+,29-,30-/m0/s1. The van der Waals surface area contributed by atoms with E-state index in [4.69, 9.17) is 9.47 Å². The van der Waals surface area contributed by atoms with Crippen molar-refractivity contribution in [3.8, 4) is 0 Å². The van der Waals surface area contributed by atoms with Crippen molar-refractivity contribution in [2.45, 2.75) is 97.1 Å². The van der Waals surface area contributed by atoms with E-state index in [0.29, 0.717) is 31.3 Å². The monoisotopic (exact) mass is 494 g/mol. The van der Waals surface area contributed by atoms with E-state index in [9.17, 15) is 19.8 Å². The number of carbonyl (C=O) groups is 2. The topological polar surface area (TPSA) is 93.1 Å². The third-order valence-corrected chi connectivity index (χ3v) is 12.3. The van der Waals surface area contributed by atoms with Crippen LogP contribution in [-0.4, -0.2) is 46.6 Å². The Bertz CT molecular complexity index is 1180. The molecule has 36 heavy (non-hydrogen) atoms. The molecule has 3 saturated carbocycles. The fraction of sp³-hybridized carbons (Fsp3) is 0.733. The molecule has 5 aliphatic carbocycles. The number of rotatable bonds is 0. The third-order valence-electron chi connectivity index (χ3n) is 12.3. The van der Waals surface area contributed by atoms with Gasteiger partial charge in [0.2, 0.25) is 0 Å². The summed E-state index contributed by atoms with van der Waals surface area (Å²) in [5.74, 6) is -0.696. The average Bonchev–Trinajstić information content (AvgIpc) is 3.38. The fourth-order valence-corrected chi connectivity index (χ4v) is 10.5. The molecule has 2 heterocycles. The second kappa shape index (κ2) is 6.93. The van der Waals surface area contributed by atoms with Crippen LogP contribution >= 0.6 is 0 Å². The van der Waals surface area contributed by atoms with Gasteiger partial charge in [-0.3, -0.25) is 4.79 Å². The zero-order chi connectivity index (χ0) is 25.5. The van der Waals surface area contributed by atoms with Crippen LogP contribution in [0, 0.1) is 39.9 Å². The summed E-state index contributed by atoms with van der Waals surface area (Å²) in [5.41, 5.74) is 3.95. The number of aliphatic hydroxyl groups is 2. The van der Waals surface area contributed by atoms with Gasteiger partial charge >= 0.3 is 11.9 Å². The van der Waals surface area contributed by atoms with Crippen LogP contribution in [0.25, 0.3) is 0 Å². The largest absolute Gasteiger partial charge is 0.462 e. The third kappa shape index (κ3) is 2.38. The van der Waals surface area contributed by atoms with Gasteiger partial charge in [-0.2, -0.15) is 0 Å². The molecule has 2 bridgehead atoms. The maximum atomic E-state index is 14.0. The van der Waals surface area contributed by atoms with Crippen LogP contribution < -0.4 is 0 Å². The van der Waals surface area contributed by atoms with Crippen molar-refractivity contribution < 1.29 is 29.3 Å². The average molecular weight is 495 g/mol. The summed E-state index contributed by atoms with van der Waals surface area (Å²) in [6.45, 7) is 12.6. The molecule has 0 aromatic heterocycles. The van der Waals surface area contributed by atoms with Crippen LogP contribution in [0.1, 0.15) is 72.6 Å². The van der Waals surface area contributed by atoms with Crippen LogP contribution in [0.5, 0.6) is 0 Å². The summed E-state index contributed by atoms with van der Waals surface area (Å²) >= 11 is 0. The van der Waals surface area contributed by atoms with Gasteiger partial charge in [-0.15, -0.1) is 0 Å². The number of fused-ring (bicyclic) bond motifs is 6. The van der Waals surface area contributed by atoms with Crippen LogP contribution in [0.15, 0.2) is 34.4 Å². The first kappa shape index (κ1) is 23.2. The first-order valence-electron chi connectivity index (χ1n) is 13.8. The zero-order valence-corrected chi connectivity index (χ0v) is 21.8. The molecule has 6 heteroatoms. The number of hydrogen-bond acceptors (Lipinski definition) is 6. The summed E-state index contributed by atoms with van der Waals surface area (Å²) in [5, 5.41) is 23.0. The van der Waals surface area contributed by atoms with Crippen LogP contribution in [0.4, 0.5) is 0 Å². The summed E-state index contributed by atoms with van der Waals surface area (Å²) in [7, 11) is 0. The second-order valence-electron chi connectivity index (χ2n) is 13.4. The van der Waals surface area contributed by atoms with Gasteiger partial charge in [0.15, 0.2) is 0 Å². The van der Waals surface area contributed by atoms with E-state index in [1.807, 2.05) is 0 Å². The Morgan fingerprint density at radius 3 is 2.53 bits per heavy atom. The lowest BCUT2D eigenvalue weighted by Crippen LogP contribution is -2.50. The summed E-state index contributed by atoms with van der Waals surface area (Å²) in [6.07, 6.45) is 3.51. The highest BCUT2D eigenvalue weighted by molar-refractivity contribution is 5.91. The molecule has 6 nitrogen and oxygen atoms in total. The minimum atomic E-state index is -0.740. The SMILES string of the molecule is C=C1C(=O)O[C@H]2C[C@H](C)[C@@]34C[C@@]5(C(=O)O[C@@H]6C[C@]7(C)C(=C(C)CC[C@H]7O)C[C@@H]65)[C@@H](C(C)=C3C[C@H]12)C4O. The quantitative estimate of drug-likeness (QED) is 0.300. The first-order valence-corrected chi connectivity index (χ1v) is 13.8. The van der Waals surface area contributed by atoms with Gasteiger partial charge in [-0.05, 0) is 64.7 Å². The Labute approximate surface area is 212 Å². The molecule has 2 N–H and O–H groups in total. The Morgan fingerprint density at radius 2 is 1.78 bits per heavy atom. The Morgan fingerprint density at radius 1 is 1.03 bits per heavy atom. The van der Waals surface area contributed by atoms with Gasteiger partial charge in [0.05, 0.1) is 17.6 Å². The molecule has 0 radical (unpaired) electrons. The van der Waals surface area contributed by atoms with Crippen molar-refractivity contribution in [3.63, 3.8) is 0 Å². The lowest BCUT2D eigenvalue weighted by Gasteiger charge is -2.50. The molecule has 5 fully saturated rings. The minimum Gasteiger partial charge on any atom is -0.462 e. The predicted octanol–water partition coefficient (Wildman–Crippen LogP) is 4.01. The second-order valence-corrected chi connectivity index (χ2v) is 13.4. The van der Waals surface area contributed by atoms with E-state index < -0.39 is 23.0 Å². The van der Waals surface area contributed by atoms with Crippen LogP contribution in [0.2, 0.25) is 0 Å². The molecule has 0 amide bonds. The van der Waals surface area contributed by atoms with Gasteiger partial charge < -0.3 is 19.7 Å². The molecule has 0 aromatic rings. The summed E-state index contributed by atoms with van der Waals surface area (Å²) < 4.78 is 11.9. The zero-order valence-electron chi connectivity index (χ0n) is 21.8. The van der Waals surface area contributed by atoms with E-state index >= 15 is 0 Å². The lowest BCUT2D eigenvalue weighted by atomic mass is 9.52. The van der Waals surface area contributed by atoms with Crippen molar-refractivity contribution >= 4 is 11.9 Å². The highest BCUT2D eigenvalue weighted by Crippen LogP contribution is 2.76. The van der Waals surface area contributed by atoms with E-state index in [-0.39, 0.29) is 53.2 Å². The number of aliphatic hydroxyl groups excluding tert-OH is 2. The molecule has 2 aliphatic heterocycles. The van der Waals surface area contributed by atoms with Gasteiger partial charge in [-0.1, -0.05) is 42.7 Å². The molecule has 2 saturated heterocycles. The smallest absolute Gasteiger partial charge is 0.334 e. The lowest BCUT2D eigenvalue weighted by molar-refractivity contribution is -0.151. The number of hydrogen-bond donors (Lipinski definition) is 2. The van der Waals surface area contributed by atoms with Gasteiger partial charge in [0.1, 0.15) is 12.2 Å².